The Kier molecular flexibility index (Phi) is 5.32. The lowest BCUT2D eigenvalue weighted by Crippen LogP contribution is -2.35. The van der Waals surface area contributed by atoms with Crippen LogP contribution in [0.15, 0.2) is 24.3 Å². The minimum Gasteiger partial charge on any atom is -0.480 e. The maximum Gasteiger partial charge on any atom is 0.231 e. The van der Waals surface area contributed by atoms with Crippen LogP contribution in [0.25, 0.3) is 11.1 Å². The van der Waals surface area contributed by atoms with E-state index in [-0.39, 0.29) is 0 Å². The van der Waals surface area contributed by atoms with Gasteiger partial charge < -0.3 is 9.47 Å². The summed E-state index contributed by atoms with van der Waals surface area (Å²) in [6.45, 7) is 8.35. The van der Waals surface area contributed by atoms with Gasteiger partial charge in [0.15, 0.2) is 0 Å². The van der Waals surface area contributed by atoms with Crippen LogP contribution in [-0.4, -0.2) is 43.3 Å². The molecule has 1 fully saturated rings. The summed E-state index contributed by atoms with van der Waals surface area (Å²) in [5.41, 5.74) is 5.65. The van der Waals surface area contributed by atoms with E-state index in [2.05, 4.69) is 40.2 Å². The summed E-state index contributed by atoms with van der Waals surface area (Å²) in [7, 11) is 1.55. The van der Waals surface area contributed by atoms with Gasteiger partial charge in [0.05, 0.1) is 20.3 Å². The van der Waals surface area contributed by atoms with Gasteiger partial charge in [-0.15, -0.1) is 0 Å². The largest absolute Gasteiger partial charge is 0.480 e. The van der Waals surface area contributed by atoms with E-state index in [0.29, 0.717) is 11.4 Å². The highest BCUT2D eigenvalue weighted by molar-refractivity contribution is 5.73. The molecule has 0 unspecified atom stereocenters. The fourth-order valence-corrected chi connectivity index (χ4v) is 3.37. The number of morpholine rings is 1. The van der Waals surface area contributed by atoms with Gasteiger partial charge in [0.2, 0.25) is 5.88 Å². The molecule has 0 saturated carbocycles. The first-order valence-corrected chi connectivity index (χ1v) is 8.48. The van der Waals surface area contributed by atoms with Crippen molar-refractivity contribution >= 4 is 0 Å². The van der Waals surface area contributed by atoms with Crippen molar-refractivity contribution in [3.05, 3.63) is 46.6 Å². The number of rotatable bonds is 4. The van der Waals surface area contributed by atoms with Gasteiger partial charge >= 0.3 is 0 Å². The third-order valence-electron chi connectivity index (χ3n) is 4.63. The summed E-state index contributed by atoms with van der Waals surface area (Å²) in [5, 5.41) is 9.48. The van der Waals surface area contributed by atoms with Crippen LogP contribution in [0.1, 0.15) is 22.4 Å². The number of hydrogen-bond donors (Lipinski definition) is 0. The van der Waals surface area contributed by atoms with Crippen LogP contribution in [0, 0.1) is 25.2 Å². The lowest BCUT2D eigenvalue weighted by atomic mass is 9.95. The fourth-order valence-electron chi connectivity index (χ4n) is 3.37. The quantitative estimate of drug-likeness (QED) is 0.858. The highest BCUT2D eigenvalue weighted by Crippen LogP contribution is 2.32. The molecule has 1 aromatic heterocycles. The van der Waals surface area contributed by atoms with Crippen LogP contribution < -0.4 is 4.74 Å². The number of nitrogens with zero attached hydrogens (tertiary/aromatic N) is 3. The molecule has 0 spiro atoms. The van der Waals surface area contributed by atoms with Gasteiger partial charge in [-0.3, -0.25) is 4.90 Å². The second kappa shape index (κ2) is 7.64. The monoisotopic (exact) mass is 337 g/mol. The van der Waals surface area contributed by atoms with Crippen LogP contribution >= 0.6 is 0 Å². The average Bonchev–Trinajstić information content (AvgIpc) is 2.62. The SMILES string of the molecule is COc1nc(C)c(-c2cccc(CN3CCOCC3)c2)c(C)c1C#N. The first-order chi connectivity index (χ1) is 12.1. The van der Waals surface area contributed by atoms with E-state index < -0.39 is 0 Å². The summed E-state index contributed by atoms with van der Waals surface area (Å²) in [5.74, 6) is 0.394. The summed E-state index contributed by atoms with van der Waals surface area (Å²) in [6.07, 6.45) is 0. The summed E-state index contributed by atoms with van der Waals surface area (Å²) in [6, 6.07) is 10.7. The Labute approximate surface area is 148 Å². The topological polar surface area (TPSA) is 58.4 Å². The molecule has 0 bridgehead atoms. The summed E-state index contributed by atoms with van der Waals surface area (Å²) in [4.78, 5) is 6.87. The molecule has 5 heteroatoms. The molecule has 1 saturated heterocycles. The maximum atomic E-state index is 9.48. The molecular weight excluding hydrogens is 314 g/mol. The number of pyridine rings is 1. The number of aromatic nitrogens is 1. The van der Waals surface area contributed by atoms with E-state index in [4.69, 9.17) is 9.47 Å². The molecule has 2 heterocycles. The Morgan fingerprint density at radius 2 is 2.04 bits per heavy atom. The van der Waals surface area contributed by atoms with Crippen molar-refractivity contribution < 1.29 is 9.47 Å². The first kappa shape index (κ1) is 17.4. The smallest absolute Gasteiger partial charge is 0.231 e. The summed E-state index contributed by atoms with van der Waals surface area (Å²) >= 11 is 0. The maximum absolute atomic E-state index is 9.48. The summed E-state index contributed by atoms with van der Waals surface area (Å²) < 4.78 is 10.7. The first-order valence-electron chi connectivity index (χ1n) is 8.48. The zero-order chi connectivity index (χ0) is 17.8. The Morgan fingerprint density at radius 1 is 1.28 bits per heavy atom. The van der Waals surface area contributed by atoms with E-state index >= 15 is 0 Å². The van der Waals surface area contributed by atoms with Crippen LogP contribution in [-0.2, 0) is 11.3 Å². The second-order valence-electron chi connectivity index (χ2n) is 6.28. The number of hydrogen-bond acceptors (Lipinski definition) is 5. The van der Waals surface area contributed by atoms with E-state index in [1.807, 2.05) is 13.8 Å². The predicted molar refractivity (Wildman–Crippen MR) is 96.5 cm³/mol. The van der Waals surface area contributed by atoms with Crippen LogP contribution in [0.4, 0.5) is 0 Å². The number of ether oxygens (including phenoxy) is 2. The Morgan fingerprint density at radius 3 is 2.72 bits per heavy atom. The minimum absolute atomic E-state index is 0.394. The van der Waals surface area contributed by atoms with Crippen molar-refractivity contribution in [1.82, 2.24) is 9.88 Å². The van der Waals surface area contributed by atoms with Gasteiger partial charge in [0, 0.05) is 30.9 Å². The number of aryl methyl sites for hydroxylation is 1. The van der Waals surface area contributed by atoms with Crippen molar-refractivity contribution in [3.63, 3.8) is 0 Å². The third kappa shape index (κ3) is 3.65. The van der Waals surface area contributed by atoms with Gasteiger partial charge in [0.1, 0.15) is 11.6 Å². The van der Waals surface area contributed by atoms with E-state index in [1.165, 1.54) is 5.56 Å². The van der Waals surface area contributed by atoms with Crippen LogP contribution in [0.3, 0.4) is 0 Å². The molecule has 1 aliphatic rings. The van der Waals surface area contributed by atoms with Crippen molar-refractivity contribution in [2.45, 2.75) is 20.4 Å². The van der Waals surface area contributed by atoms with Gasteiger partial charge in [-0.2, -0.15) is 5.26 Å². The van der Waals surface area contributed by atoms with Crippen LogP contribution in [0.2, 0.25) is 0 Å². The zero-order valence-corrected chi connectivity index (χ0v) is 15.0. The van der Waals surface area contributed by atoms with Crippen molar-refractivity contribution in [2.75, 3.05) is 33.4 Å². The molecule has 5 nitrogen and oxygen atoms in total. The second-order valence-corrected chi connectivity index (χ2v) is 6.28. The van der Waals surface area contributed by atoms with Crippen molar-refractivity contribution in [2.24, 2.45) is 0 Å². The standard InChI is InChI=1S/C20H23N3O2/c1-14-18(12-21)20(24-3)22-15(2)19(14)17-6-4-5-16(11-17)13-23-7-9-25-10-8-23/h4-6,11H,7-10,13H2,1-3H3. The van der Waals surface area contributed by atoms with E-state index in [0.717, 1.165) is 55.2 Å². The molecule has 130 valence electrons. The van der Waals surface area contributed by atoms with Crippen molar-refractivity contribution in [1.29, 1.82) is 5.26 Å². The molecule has 1 aliphatic heterocycles. The van der Waals surface area contributed by atoms with Crippen molar-refractivity contribution in [3.8, 4) is 23.1 Å². The van der Waals surface area contributed by atoms with Crippen LogP contribution in [0.5, 0.6) is 5.88 Å². The highest BCUT2D eigenvalue weighted by Gasteiger charge is 2.17. The third-order valence-corrected chi connectivity index (χ3v) is 4.63. The lowest BCUT2D eigenvalue weighted by molar-refractivity contribution is 0.0342. The normalized spacial score (nSPS) is 15.0. The van der Waals surface area contributed by atoms with Gasteiger partial charge in [-0.1, -0.05) is 18.2 Å². The highest BCUT2D eigenvalue weighted by atomic mass is 16.5. The number of methoxy groups -OCH3 is 1. The molecule has 2 aromatic rings. The number of benzene rings is 1. The molecule has 0 aliphatic carbocycles. The fraction of sp³-hybridized carbons (Fsp3) is 0.400. The molecule has 0 N–H and O–H groups in total. The van der Waals surface area contributed by atoms with E-state index in [9.17, 15) is 5.26 Å². The Bertz CT molecular complexity index is 805. The molecule has 25 heavy (non-hydrogen) atoms. The molecule has 0 amide bonds. The zero-order valence-electron chi connectivity index (χ0n) is 15.0. The van der Waals surface area contributed by atoms with Gasteiger partial charge in [0.25, 0.3) is 0 Å². The Hall–Kier alpha value is -2.42. The average molecular weight is 337 g/mol. The molecule has 3 rings (SSSR count). The lowest BCUT2D eigenvalue weighted by Gasteiger charge is -2.26. The van der Waals surface area contributed by atoms with Gasteiger partial charge in [-0.25, -0.2) is 4.98 Å². The molecular formula is C20H23N3O2. The number of nitriles is 1. The van der Waals surface area contributed by atoms with Gasteiger partial charge in [-0.05, 0) is 36.6 Å². The van der Waals surface area contributed by atoms with E-state index in [1.54, 1.807) is 7.11 Å². The molecule has 1 aromatic carbocycles. The predicted octanol–water partition coefficient (Wildman–Crippen LogP) is 3.08. The molecule has 0 radical (unpaired) electrons. The minimum atomic E-state index is 0.394. The Balaban J connectivity index is 1.97. The molecule has 0 atom stereocenters.